The number of hydrogen-bond acceptors (Lipinski definition) is 6. The first-order valence-corrected chi connectivity index (χ1v) is 9.68. The van der Waals surface area contributed by atoms with E-state index in [-0.39, 0.29) is 25.4 Å². The molecule has 0 bridgehead atoms. The molecule has 2 aromatic heterocycles. The predicted molar refractivity (Wildman–Crippen MR) is 101 cm³/mol. The average molecular weight is 469 g/mol. The number of pyridine rings is 1. The number of fused-ring (bicyclic) bond motifs is 3. The molecule has 0 radical (unpaired) electrons. The zero-order valence-corrected chi connectivity index (χ0v) is 17.0. The largest absolute Gasteiger partial charge is 0.393 e. The highest BCUT2D eigenvalue weighted by Crippen LogP contribution is 2.27. The van der Waals surface area contributed by atoms with Crippen molar-refractivity contribution in [3.63, 3.8) is 0 Å². The number of amides is 3. The van der Waals surface area contributed by atoms with Crippen molar-refractivity contribution in [1.82, 2.24) is 24.7 Å². The van der Waals surface area contributed by atoms with Crippen LogP contribution in [0.2, 0.25) is 0 Å². The van der Waals surface area contributed by atoms with Gasteiger partial charge in [-0.1, -0.05) is 0 Å². The van der Waals surface area contributed by atoms with E-state index in [2.05, 4.69) is 31.3 Å². The second-order valence-corrected chi connectivity index (χ2v) is 7.57. The van der Waals surface area contributed by atoms with Crippen LogP contribution in [0.15, 0.2) is 16.9 Å². The van der Waals surface area contributed by atoms with Crippen LogP contribution >= 0.6 is 15.9 Å². The van der Waals surface area contributed by atoms with E-state index in [4.69, 9.17) is 4.84 Å². The highest BCUT2D eigenvalue weighted by Gasteiger charge is 2.35. The Labute approximate surface area is 173 Å². The van der Waals surface area contributed by atoms with Crippen molar-refractivity contribution < 1.29 is 23.9 Å². The Hall–Kier alpha value is -2.57. The van der Waals surface area contributed by atoms with Crippen molar-refractivity contribution >= 4 is 33.6 Å². The van der Waals surface area contributed by atoms with E-state index in [0.29, 0.717) is 28.8 Å². The second kappa shape index (κ2) is 7.69. The van der Waals surface area contributed by atoms with Gasteiger partial charge in [0.25, 0.3) is 5.91 Å². The molecule has 0 aromatic carbocycles. The maximum atomic E-state index is 13.9. The minimum absolute atomic E-state index is 0.00602. The maximum Gasteiger partial charge on any atom is 0.322 e. The molecule has 0 aliphatic carbocycles. The molecule has 2 aliphatic rings. The minimum Gasteiger partial charge on any atom is -0.393 e. The van der Waals surface area contributed by atoms with Crippen LogP contribution in [-0.2, 0) is 24.3 Å². The van der Waals surface area contributed by atoms with Crippen molar-refractivity contribution in [2.45, 2.75) is 25.6 Å². The lowest BCUT2D eigenvalue weighted by Gasteiger charge is -2.27. The molecule has 3 amide bonds. The smallest absolute Gasteiger partial charge is 0.322 e. The van der Waals surface area contributed by atoms with Crippen LogP contribution in [0.25, 0.3) is 0 Å². The topological polar surface area (TPSA) is 113 Å². The third-order valence-corrected chi connectivity index (χ3v) is 5.26. The molecule has 0 saturated heterocycles. The molecule has 1 atom stereocenters. The summed E-state index contributed by atoms with van der Waals surface area (Å²) in [6, 6.07) is 0.880. The van der Waals surface area contributed by atoms with Gasteiger partial charge >= 0.3 is 6.03 Å². The van der Waals surface area contributed by atoms with Crippen LogP contribution in [0.4, 0.5) is 14.9 Å². The molecule has 29 heavy (non-hydrogen) atoms. The molecule has 1 unspecified atom stereocenters. The number of carbonyl (C=O) groups excluding carboxylic acids is 2. The molecule has 0 spiro atoms. The second-order valence-electron chi connectivity index (χ2n) is 6.76. The summed E-state index contributed by atoms with van der Waals surface area (Å²) in [5.74, 6) is -1.05. The summed E-state index contributed by atoms with van der Waals surface area (Å²) in [5, 5.41) is 17.5. The third-order valence-electron chi connectivity index (χ3n) is 4.83. The lowest BCUT2D eigenvalue weighted by Crippen LogP contribution is -2.40. The first kappa shape index (κ1) is 19.7. The zero-order valence-electron chi connectivity index (χ0n) is 15.4. The summed E-state index contributed by atoms with van der Waals surface area (Å²) in [5.41, 5.74) is 1.68. The van der Waals surface area contributed by atoms with Crippen LogP contribution in [0, 0.1) is 5.82 Å². The highest BCUT2D eigenvalue weighted by molar-refractivity contribution is 9.10. The molecular weight excluding hydrogens is 451 g/mol. The number of carbonyl (C=O) groups is 2. The standard InChI is InChI=1S/C17H18BrFN6O4/c1-23-16(27)15-10-7-24(17(28)21-13-4-14(18)20-5-11(13)19)3-2-12(10)22-25(15)6-9(8-26)29-23/h4-5,9,26H,2-3,6-8H2,1H3,(H,20,21,28). The Morgan fingerprint density at radius 2 is 2.31 bits per heavy atom. The Morgan fingerprint density at radius 3 is 3.07 bits per heavy atom. The number of aliphatic hydroxyl groups is 1. The quantitative estimate of drug-likeness (QED) is 0.639. The molecule has 2 N–H and O–H groups in total. The van der Waals surface area contributed by atoms with Gasteiger partial charge in [0.15, 0.2) is 5.82 Å². The summed E-state index contributed by atoms with van der Waals surface area (Å²) in [6.45, 7) is 0.474. The van der Waals surface area contributed by atoms with E-state index in [0.717, 1.165) is 17.0 Å². The number of hydrogen-bond donors (Lipinski definition) is 2. The molecule has 2 aromatic rings. The van der Waals surface area contributed by atoms with E-state index >= 15 is 0 Å². The fourth-order valence-electron chi connectivity index (χ4n) is 3.41. The first-order valence-electron chi connectivity index (χ1n) is 8.88. The van der Waals surface area contributed by atoms with Gasteiger partial charge in [-0.25, -0.2) is 19.2 Å². The van der Waals surface area contributed by atoms with E-state index in [1.165, 1.54) is 22.7 Å². The third kappa shape index (κ3) is 3.70. The van der Waals surface area contributed by atoms with Crippen molar-refractivity contribution in [2.75, 3.05) is 25.5 Å². The minimum atomic E-state index is -0.650. The summed E-state index contributed by atoms with van der Waals surface area (Å²) in [6.07, 6.45) is 0.865. The van der Waals surface area contributed by atoms with Crippen molar-refractivity contribution in [3.8, 4) is 0 Å². The van der Waals surface area contributed by atoms with Gasteiger partial charge in [0.2, 0.25) is 0 Å². The van der Waals surface area contributed by atoms with Gasteiger partial charge in [-0.2, -0.15) is 5.10 Å². The molecule has 0 saturated carbocycles. The maximum absolute atomic E-state index is 13.9. The predicted octanol–water partition coefficient (Wildman–Crippen LogP) is 1.15. The molecule has 0 fully saturated rings. The number of nitrogens with one attached hydrogen (secondary N) is 1. The summed E-state index contributed by atoms with van der Waals surface area (Å²) in [4.78, 5) is 36.1. The number of halogens is 2. The number of anilines is 1. The molecule has 2 aliphatic heterocycles. The molecule has 4 rings (SSSR count). The van der Waals surface area contributed by atoms with Gasteiger partial charge in [0.1, 0.15) is 16.4 Å². The van der Waals surface area contributed by atoms with Gasteiger partial charge < -0.3 is 15.3 Å². The van der Waals surface area contributed by atoms with Crippen LogP contribution in [-0.4, -0.2) is 68.1 Å². The van der Waals surface area contributed by atoms with E-state index in [1.54, 1.807) is 0 Å². The van der Waals surface area contributed by atoms with Crippen molar-refractivity contribution in [2.24, 2.45) is 0 Å². The van der Waals surface area contributed by atoms with Gasteiger partial charge in [-0.3, -0.25) is 14.3 Å². The van der Waals surface area contributed by atoms with E-state index < -0.39 is 23.9 Å². The number of rotatable bonds is 2. The van der Waals surface area contributed by atoms with Crippen LogP contribution < -0.4 is 5.32 Å². The van der Waals surface area contributed by atoms with Gasteiger partial charge in [0, 0.05) is 25.6 Å². The SMILES string of the molecule is CN1OC(CO)Cn2nc3c(c2C1=O)CN(C(=O)Nc1cc(Br)ncc1F)CC3. The summed E-state index contributed by atoms with van der Waals surface area (Å²) in [7, 11) is 1.47. The first-order chi connectivity index (χ1) is 13.9. The molecular formula is C17H18BrFN6O4. The Bertz CT molecular complexity index is 983. The fraction of sp³-hybridized carbons (Fsp3) is 0.412. The molecule has 4 heterocycles. The van der Waals surface area contributed by atoms with Crippen LogP contribution in [0.3, 0.4) is 0 Å². The lowest BCUT2D eigenvalue weighted by molar-refractivity contribution is -0.159. The van der Waals surface area contributed by atoms with Crippen LogP contribution in [0.5, 0.6) is 0 Å². The highest BCUT2D eigenvalue weighted by atomic mass is 79.9. The number of nitrogens with zero attached hydrogens (tertiary/aromatic N) is 5. The van der Waals surface area contributed by atoms with Gasteiger partial charge in [-0.15, -0.1) is 0 Å². The van der Waals surface area contributed by atoms with Crippen molar-refractivity contribution in [3.05, 3.63) is 39.6 Å². The summed E-state index contributed by atoms with van der Waals surface area (Å²) < 4.78 is 15.8. The number of hydroxylamine groups is 2. The number of aromatic nitrogens is 3. The Balaban J connectivity index is 1.59. The normalized spacial score (nSPS) is 18.9. The molecule has 10 nitrogen and oxygen atoms in total. The molecule has 12 heteroatoms. The molecule has 154 valence electrons. The fourth-order valence-corrected chi connectivity index (χ4v) is 3.74. The zero-order chi connectivity index (χ0) is 20.7. The number of aliphatic hydroxyl groups excluding tert-OH is 1. The van der Waals surface area contributed by atoms with Gasteiger partial charge in [-0.05, 0) is 22.0 Å². The number of urea groups is 1. The van der Waals surface area contributed by atoms with Crippen LogP contribution in [0.1, 0.15) is 21.7 Å². The Kier molecular flexibility index (Phi) is 5.23. The van der Waals surface area contributed by atoms with Crippen molar-refractivity contribution in [1.29, 1.82) is 0 Å². The van der Waals surface area contributed by atoms with E-state index in [1.807, 2.05) is 0 Å². The van der Waals surface area contributed by atoms with E-state index in [9.17, 15) is 19.1 Å². The summed E-state index contributed by atoms with van der Waals surface area (Å²) >= 11 is 3.14. The lowest BCUT2D eigenvalue weighted by atomic mass is 10.1. The Morgan fingerprint density at radius 1 is 1.52 bits per heavy atom. The monoisotopic (exact) mass is 468 g/mol. The van der Waals surface area contributed by atoms with Gasteiger partial charge in [0.05, 0.1) is 37.3 Å². The average Bonchev–Trinajstić information content (AvgIpc) is 3.00.